The van der Waals surface area contributed by atoms with E-state index in [1.165, 1.54) is 0 Å². The number of piperidine rings is 1. The zero-order valence-electron chi connectivity index (χ0n) is 12.5. The van der Waals surface area contributed by atoms with Gasteiger partial charge < -0.3 is 15.0 Å². The van der Waals surface area contributed by atoms with Crippen LogP contribution >= 0.6 is 0 Å². The number of hydrogen-bond donors (Lipinski definition) is 1. The first-order valence-corrected chi connectivity index (χ1v) is 7.23. The zero-order valence-corrected chi connectivity index (χ0v) is 12.5. The number of rotatable bonds is 4. The number of amides is 2. The molecule has 0 aromatic heterocycles. The molecule has 1 heterocycles. The minimum Gasteiger partial charge on any atom is -0.497 e. The molecule has 0 atom stereocenters. The zero-order chi connectivity index (χ0) is 15.9. The number of nitriles is 1. The molecule has 116 valence electrons. The highest BCUT2D eigenvalue weighted by Gasteiger charge is 2.24. The Bertz CT molecular complexity index is 569. The maximum atomic E-state index is 12.4. The van der Waals surface area contributed by atoms with Crippen LogP contribution in [-0.2, 0) is 4.79 Å². The van der Waals surface area contributed by atoms with Crippen LogP contribution in [0.5, 0.6) is 5.75 Å². The first-order valence-electron chi connectivity index (χ1n) is 7.23. The van der Waals surface area contributed by atoms with Crippen LogP contribution in [0.15, 0.2) is 24.3 Å². The monoisotopic (exact) mass is 301 g/mol. The van der Waals surface area contributed by atoms with Crippen LogP contribution in [0.4, 0.5) is 0 Å². The normalized spacial score (nSPS) is 15.0. The van der Waals surface area contributed by atoms with Crippen LogP contribution in [0.25, 0.3) is 0 Å². The molecule has 0 spiro atoms. The molecule has 0 radical (unpaired) electrons. The van der Waals surface area contributed by atoms with Crippen molar-refractivity contribution in [3.05, 3.63) is 29.8 Å². The van der Waals surface area contributed by atoms with E-state index in [1.54, 1.807) is 36.3 Å². The summed E-state index contributed by atoms with van der Waals surface area (Å²) in [7, 11) is 1.59. The third-order valence-electron chi connectivity index (χ3n) is 3.72. The maximum absolute atomic E-state index is 12.4. The van der Waals surface area contributed by atoms with Crippen molar-refractivity contribution in [2.75, 3.05) is 20.2 Å². The lowest BCUT2D eigenvalue weighted by Gasteiger charge is -2.32. The minimum absolute atomic E-state index is 0.00976. The predicted octanol–water partition coefficient (Wildman–Crippen LogP) is 1.33. The van der Waals surface area contributed by atoms with Gasteiger partial charge in [-0.3, -0.25) is 9.59 Å². The minimum atomic E-state index is -0.248. The fourth-order valence-corrected chi connectivity index (χ4v) is 2.49. The lowest BCUT2D eigenvalue weighted by molar-refractivity contribution is -0.121. The Kier molecular flexibility index (Phi) is 5.37. The lowest BCUT2D eigenvalue weighted by atomic mass is 10.0. The van der Waals surface area contributed by atoms with E-state index in [9.17, 15) is 9.59 Å². The Hall–Kier alpha value is -2.55. The van der Waals surface area contributed by atoms with Gasteiger partial charge in [0.25, 0.3) is 5.91 Å². The van der Waals surface area contributed by atoms with Crippen LogP contribution in [0, 0.1) is 11.3 Å². The molecule has 0 saturated carbocycles. The summed E-state index contributed by atoms with van der Waals surface area (Å²) in [5.74, 6) is 0.461. The molecule has 1 aliphatic heterocycles. The Morgan fingerprint density at radius 1 is 1.32 bits per heavy atom. The summed E-state index contributed by atoms with van der Waals surface area (Å²) < 4.78 is 5.08. The van der Waals surface area contributed by atoms with Gasteiger partial charge in [-0.15, -0.1) is 0 Å². The molecule has 2 rings (SSSR count). The van der Waals surface area contributed by atoms with Gasteiger partial charge in [0.2, 0.25) is 5.91 Å². The Morgan fingerprint density at radius 3 is 2.50 bits per heavy atom. The van der Waals surface area contributed by atoms with E-state index in [0.717, 1.165) is 5.75 Å². The molecule has 1 saturated heterocycles. The second kappa shape index (κ2) is 7.46. The van der Waals surface area contributed by atoms with Gasteiger partial charge in [0.05, 0.1) is 13.2 Å². The van der Waals surface area contributed by atoms with Crippen LogP contribution in [0.3, 0.4) is 0 Å². The summed E-state index contributed by atoms with van der Waals surface area (Å²) in [6, 6.07) is 8.91. The van der Waals surface area contributed by atoms with Gasteiger partial charge in [0.1, 0.15) is 12.2 Å². The van der Waals surface area contributed by atoms with Crippen molar-refractivity contribution >= 4 is 11.8 Å². The third kappa shape index (κ3) is 3.98. The average molecular weight is 301 g/mol. The van der Waals surface area contributed by atoms with Crippen molar-refractivity contribution < 1.29 is 14.3 Å². The van der Waals surface area contributed by atoms with E-state index in [1.807, 2.05) is 6.07 Å². The van der Waals surface area contributed by atoms with Gasteiger partial charge in [0.15, 0.2) is 0 Å². The molecule has 6 heteroatoms. The molecule has 1 aromatic carbocycles. The molecule has 0 bridgehead atoms. The summed E-state index contributed by atoms with van der Waals surface area (Å²) >= 11 is 0. The lowest BCUT2D eigenvalue weighted by Crippen LogP contribution is -2.46. The summed E-state index contributed by atoms with van der Waals surface area (Å²) in [5.41, 5.74) is 0.632. The number of methoxy groups -OCH3 is 1. The fourth-order valence-electron chi connectivity index (χ4n) is 2.49. The fraction of sp³-hybridized carbons (Fsp3) is 0.438. The van der Waals surface area contributed by atoms with Crippen molar-refractivity contribution in [3.63, 3.8) is 0 Å². The largest absolute Gasteiger partial charge is 0.497 e. The summed E-state index contributed by atoms with van der Waals surface area (Å²) in [4.78, 5) is 25.6. The van der Waals surface area contributed by atoms with E-state index < -0.39 is 0 Å². The number of benzene rings is 1. The number of hydrogen-bond acceptors (Lipinski definition) is 4. The Balaban J connectivity index is 1.86. The smallest absolute Gasteiger partial charge is 0.253 e. The molecule has 1 aliphatic rings. The highest BCUT2D eigenvalue weighted by Crippen LogP contribution is 2.16. The number of nitrogens with zero attached hydrogens (tertiary/aromatic N) is 2. The average Bonchev–Trinajstić information content (AvgIpc) is 2.55. The number of nitrogens with one attached hydrogen (secondary N) is 1. The Labute approximate surface area is 129 Å². The van der Waals surface area contributed by atoms with Gasteiger partial charge in [-0.25, -0.2) is 0 Å². The van der Waals surface area contributed by atoms with Crippen molar-refractivity contribution in [3.8, 4) is 11.8 Å². The van der Waals surface area contributed by atoms with E-state index in [0.29, 0.717) is 31.5 Å². The highest BCUT2D eigenvalue weighted by atomic mass is 16.5. The topological polar surface area (TPSA) is 82.4 Å². The molecular formula is C16H19N3O3. The van der Waals surface area contributed by atoms with Crippen LogP contribution in [0.2, 0.25) is 0 Å². The maximum Gasteiger partial charge on any atom is 0.253 e. The number of ether oxygens (including phenoxy) is 1. The second-order valence-corrected chi connectivity index (χ2v) is 5.20. The number of likely N-dealkylation sites (tertiary alicyclic amines) is 1. The molecule has 22 heavy (non-hydrogen) atoms. The molecular weight excluding hydrogens is 282 g/mol. The van der Waals surface area contributed by atoms with Crippen LogP contribution in [0.1, 0.15) is 29.6 Å². The first kappa shape index (κ1) is 15.8. The molecule has 1 fully saturated rings. The predicted molar refractivity (Wildman–Crippen MR) is 80.3 cm³/mol. The van der Waals surface area contributed by atoms with Crippen molar-refractivity contribution in [1.82, 2.24) is 10.2 Å². The molecule has 0 aliphatic carbocycles. The molecule has 2 amide bonds. The molecule has 6 nitrogen and oxygen atoms in total. The van der Waals surface area contributed by atoms with E-state index in [-0.39, 0.29) is 24.3 Å². The van der Waals surface area contributed by atoms with E-state index in [2.05, 4.69) is 5.32 Å². The van der Waals surface area contributed by atoms with Gasteiger partial charge in [0, 0.05) is 24.7 Å². The highest BCUT2D eigenvalue weighted by molar-refractivity contribution is 5.94. The van der Waals surface area contributed by atoms with Crippen molar-refractivity contribution in [2.45, 2.75) is 25.3 Å². The molecule has 0 unspecified atom stereocenters. The summed E-state index contributed by atoms with van der Waals surface area (Å²) in [5, 5.41) is 11.3. The molecule has 1 N–H and O–H groups in total. The van der Waals surface area contributed by atoms with E-state index in [4.69, 9.17) is 10.00 Å². The van der Waals surface area contributed by atoms with Gasteiger partial charge in [-0.2, -0.15) is 5.26 Å². The first-order chi connectivity index (χ1) is 10.6. The second-order valence-electron chi connectivity index (χ2n) is 5.20. The van der Waals surface area contributed by atoms with Crippen molar-refractivity contribution in [2.24, 2.45) is 0 Å². The SMILES string of the molecule is COc1ccc(C(=O)N2CCC(NC(=O)CC#N)CC2)cc1. The van der Waals surface area contributed by atoms with Gasteiger partial charge >= 0.3 is 0 Å². The Morgan fingerprint density at radius 2 is 1.95 bits per heavy atom. The van der Waals surface area contributed by atoms with Gasteiger partial charge in [-0.05, 0) is 37.1 Å². The quantitative estimate of drug-likeness (QED) is 0.909. The number of carbonyl (C=O) groups is 2. The standard InChI is InChI=1S/C16H19N3O3/c1-22-14-4-2-12(3-5-14)16(21)19-10-7-13(8-11-19)18-15(20)6-9-17/h2-5,13H,6-8,10-11H2,1H3,(H,18,20). The van der Waals surface area contributed by atoms with Crippen molar-refractivity contribution in [1.29, 1.82) is 5.26 Å². The summed E-state index contributed by atoms with van der Waals surface area (Å²) in [6.07, 6.45) is 1.29. The van der Waals surface area contributed by atoms with Crippen LogP contribution < -0.4 is 10.1 Å². The van der Waals surface area contributed by atoms with E-state index >= 15 is 0 Å². The molecule has 1 aromatic rings. The number of carbonyl (C=O) groups excluding carboxylic acids is 2. The summed E-state index contributed by atoms with van der Waals surface area (Å²) in [6.45, 7) is 1.20. The van der Waals surface area contributed by atoms with Crippen LogP contribution in [-0.4, -0.2) is 43.0 Å². The van der Waals surface area contributed by atoms with Gasteiger partial charge in [-0.1, -0.05) is 0 Å². The third-order valence-corrected chi connectivity index (χ3v) is 3.72.